The molecule has 78 valence electrons. The van der Waals surface area contributed by atoms with Crippen molar-refractivity contribution in [3.8, 4) is 0 Å². The van der Waals surface area contributed by atoms with Crippen LogP contribution in [0.5, 0.6) is 0 Å². The van der Waals surface area contributed by atoms with Crippen molar-refractivity contribution in [2.75, 3.05) is 0 Å². The monoisotopic (exact) mass is 247 g/mol. The van der Waals surface area contributed by atoms with Crippen LogP contribution in [-0.4, -0.2) is 4.98 Å². The van der Waals surface area contributed by atoms with E-state index in [1.807, 2.05) is 0 Å². The van der Waals surface area contributed by atoms with Gasteiger partial charge in [-0.25, -0.2) is 14.2 Å². The summed E-state index contributed by atoms with van der Waals surface area (Å²) in [5, 5.41) is 0.0627. The maximum atomic E-state index is 13.3. The Kier molecular flexibility index (Phi) is 2.63. The second kappa shape index (κ2) is 3.79. The molecule has 1 aromatic carbocycles. The zero-order chi connectivity index (χ0) is 11.0. The largest absolute Gasteiger partial charge is 0.405 e. The summed E-state index contributed by atoms with van der Waals surface area (Å²) in [6, 6.07) is 4.00. The zero-order valence-electron chi connectivity index (χ0n) is 7.21. The van der Waals surface area contributed by atoms with Gasteiger partial charge in [0.2, 0.25) is 5.89 Å². The summed E-state index contributed by atoms with van der Waals surface area (Å²) in [5.74, 6) is -0.823. The van der Waals surface area contributed by atoms with Gasteiger partial charge < -0.3 is 4.42 Å². The molecule has 0 atom stereocenters. The molecule has 0 amide bonds. The molecule has 0 fully saturated rings. The molecule has 0 radical (unpaired) electrons. The highest BCUT2D eigenvalue weighted by Crippen LogP contribution is 2.23. The van der Waals surface area contributed by atoms with E-state index in [9.17, 15) is 9.18 Å². The fourth-order valence-electron chi connectivity index (χ4n) is 1.17. The summed E-state index contributed by atoms with van der Waals surface area (Å²) in [7, 11) is 0. The van der Waals surface area contributed by atoms with Crippen molar-refractivity contribution < 1.29 is 8.81 Å². The number of para-hydroxylation sites is 1. The van der Waals surface area contributed by atoms with Crippen LogP contribution in [-0.2, 0) is 0 Å². The molecule has 15 heavy (non-hydrogen) atoms. The summed E-state index contributed by atoms with van der Waals surface area (Å²) < 4.78 is 18.0. The molecule has 1 heterocycles. The summed E-state index contributed by atoms with van der Waals surface area (Å²) >= 11 is 11.0. The van der Waals surface area contributed by atoms with Crippen LogP contribution < -0.4 is 5.63 Å². The summed E-state index contributed by atoms with van der Waals surface area (Å²) in [6.07, 6.45) is 0. The predicted molar refractivity (Wildman–Crippen MR) is 54.7 cm³/mol. The molecule has 6 heteroatoms. The summed E-state index contributed by atoms with van der Waals surface area (Å²) in [6.45, 7) is 0. The maximum Gasteiger partial charge on any atom is 0.347 e. The molecule has 2 rings (SSSR count). The summed E-state index contributed by atoms with van der Waals surface area (Å²) in [4.78, 5) is 14.0. The van der Waals surface area contributed by atoms with Crippen LogP contribution in [0.15, 0.2) is 27.4 Å². The van der Waals surface area contributed by atoms with E-state index in [-0.39, 0.29) is 16.8 Å². The molecule has 3 nitrogen and oxygen atoms in total. The lowest BCUT2D eigenvalue weighted by atomic mass is 10.2. The van der Waals surface area contributed by atoms with Crippen molar-refractivity contribution in [3.63, 3.8) is 0 Å². The third-order valence-corrected chi connectivity index (χ3v) is 2.19. The molecule has 1 aromatic heterocycles. The van der Waals surface area contributed by atoms with Gasteiger partial charge in [0.25, 0.3) is 0 Å². The molecular formula is C9H4Cl2FNO2. The Hall–Kier alpha value is -1.13. The van der Waals surface area contributed by atoms with Crippen LogP contribution in [0.3, 0.4) is 0 Å². The van der Waals surface area contributed by atoms with Crippen LogP contribution in [0, 0.1) is 5.82 Å². The van der Waals surface area contributed by atoms with E-state index in [1.54, 1.807) is 0 Å². The lowest BCUT2D eigenvalue weighted by Gasteiger charge is -2.01. The first-order valence-corrected chi connectivity index (χ1v) is 4.84. The van der Waals surface area contributed by atoms with Crippen LogP contribution in [0.4, 0.5) is 4.39 Å². The van der Waals surface area contributed by atoms with Crippen LogP contribution >= 0.6 is 23.2 Å². The Balaban J connectivity index is 2.86. The highest BCUT2D eigenvalue weighted by molar-refractivity contribution is 6.43. The number of rotatable bonds is 1. The standard InChI is InChI=1S/C9H4Cl2FNO2/c10-7(11)8-13-6-4(9(14)15-8)2-1-3-5(6)12/h1-3,7H. The van der Waals surface area contributed by atoms with Crippen molar-refractivity contribution in [2.24, 2.45) is 0 Å². The first kappa shape index (κ1) is 10.4. The number of aromatic nitrogens is 1. The smallest absolute Gasteiger partial charge is 0.347 e. The normalized spacial score (nSPS) is 11.2. The first-order chi connectivity index (χ1) is 7.09. The van der Waals surface area contributed by atoms with Crippen molar-refractivity contribution in [2.45, 2.75) is 4.84 Å². The van der Waals surface area contributed by atoms with Gasteiger partial charge in [-0.15, -0.1) is 0 Å². The van der Waals surface area contributed by atoms with Crippen molar-refractivity contribution in [1.29, 1.82) is 0 Å². The number of hydrogen-bond donors (Lipinski definition) is 0. The molecule has 0 saturated heterocycles. The van der Waals surface area contributed by atoms with Crippen LogP contribution in [0.25, 0.3) is 10.9 Å². The number of fused-ring (bicyclic) bond motifs is 1. The number of nitrogens with zero attached hydrogens (tertiary/aromatic N) is 1. The van der Waals surface area contributed by atoms with Gasteiger partial charge >= 0.3 is 5.63 Å². The Morgan fingerprint density at radius 3 is 2.80 bits per heavy atom. The molecule has 2 aromatic rings. The topological polar surface area (TPSA) is 43.1 Å². The quantitative estimate of drug-likeness (QED) is 0.728. The SMILES string of the molecule is O=c1oc(C(Cl)Cl)nc2c(F)cccc12. The highest BCUT2D eigenvalue weighted by atomic mass is 35.5. The second-order valence-electron chi connectivity index (χ2n) is 2.78. The molecule has 0 bridgehead atoms. The minimum atomic E-state index is -1.10. The minimum Gasteiger partial charge on any atom is -0.405 e. The number of halogens is 3. The fourth-order valence-corrected chi connectivity index (χ4v) is 1.36. The molecule has 0 N–H and O–H groups in total. The van der Waals surface area contributed by atoms with Gasteiger partial charge in [-0.05, 0) is 12.1 Å². The van der Waals surface area contributed by atoms with Crippen molar-refractivity contribution in [3.05, 3.63) is 40.3 Å². The minimum absolute atomic E-state index is 0.0627. The lowest BCUT2D eigenvalue weighted by molar-refractivity contribution is 0.457. The Morgan fingerprint density at radius 1 is 1.40 bits per heavy atom. The third-order valence-electron chi connectivity index (χ3n) is 1.81. The van der Waals surface area contributed by atoms with E-state index in [0.29, 0.717) is 0 Å². The lowest BCUT2D eigenvalue weighted by Crippen LogP contribution is -2.06. The predicted octanol–water partition coefficient (Wildman–Crippen LogP) is 2.80. The van der Waals surface area contributed by atoms with E-state index < -0.39 is 16.3 Å². The van der Waals surface area contributed by atoms with E-state index in [2.05, 4.69) is 4.98 Å². The van der Waals surface area contributed by atoms with Gasteiger partial charge in [0.1, 0.15) is 11.3 Å². The van der Waals surface area contributed by atoms with E-state index in [1.165, 1.54) is 18.2 Å². The van der Waals surface area contributed by atoms with Gasteiger partial charge in [-0.2, -0.15) is 0 Å². The van der Waals surface area contributed by atoms with Crippen molar-refractivity contribution >= 4 is 34.1 Å². The second-order valence-corrected chi connectivity index (χ2v) is 3.87. The zero-order valence-corrected chi connectivity index (χ0v) is 8.72. The van der Waals surface area contributed by atoms with Gasteiger partial charge in [0, 0.05) is 0 Å². The molecule has 0 aliphatic rings. The third kappa shape index (κ3) is 1.82. The van der Waals surface area contributed by atoms with E-state index >= 15 is 0 Å². The number of alkyl halides is 2. The first-order valence-electron chi connectivity index (χ1n) is 3.97. The van der Waals surface area contributed by atoms with Crippen molar-refractivity contribution in [1.82, 2.24) is 4.98 Å². The molecular weight excluding hydrogens is 244 g/mol. The average Bonchev–Trinajstić information content (AvgIpc) is 2.19. The Morgan fingerprint density at radius 2 is 2.13 bits per heavy atom. The molecule has 0 aliphatic heterocycles. The molecule has 0 saturated carbocycles. The van der Waals surface area contributed by atoms with Gasteiger partial charge in [0.05, 0.1) is 5.39 Å². The molecule has 0 unspecified atom stereocenters. The number of benzene rings is 1. The Labute approximate surface area is 93.4 Å². The van der Waals surface area contributed by atoms with Gasteiger partial charge in [-0.3, -0.25) is 0 Å². The highest BCUT2D eigenvalue weighted by Gasteiger charge is 2.14. The average molecular weight is 248 g/mol. The van der Waals surface area contributed by atoms with E-state index in [4.69, 9.17) is 27.6 Å². The van der Waals surface area contributed by atoms with Gasteiger partial charge in [-0.1, -0.05) is 29.3 Å². The van der Waals surface area contributed by atoms with Crippen LogP contribution in [0.2, 0.25) is 0 Å². The molecule has 0 spiro atoms. The molecule has 0 aliphatic carbocycles. The number of hydrogen-bond acceptors (Lipinski definition) is 3. The van der Waals surface area contributed by atoms with Gasteiger partial charge in [0.15, 0.2) is 4.84 Å². The Bertz CT molecular complexity index is 568. The fraction of sp³-hybridized carbons (Fsp3) is 0.111. The maximum absolute atomic E-state index is 13.3. The van der Waals surface area contributed by atoms with Crippen LogP contribution in [0.1, 0.15) is 10.7 Å². The summed E-state index contributed by atoms with van der Waals surface area (Å²) in [5.41, 5.74) is -0.796. The van der Waals surface area contributed by atoms with E-state index in [0.717, 1.165) is 0 Å².